The van der Waals surface area contributed by atoms with E-state index in [0.29, 0.717) is 18.3 Å². The lowest BCUT2D eigenvalue weighted by Gasteiger charge is -2.56. The van der Waals surface area contributed by atoms with Gasteiger partial charge in [0.05, 0.1) is 0 Å². The second-order valence-corrected chi connectivity index (χ2v) is 7.52. The van der Waals surface area contributed by atoms with Crippen molar-refractivity contribution < 1.29 is 4.79 Å². The molecular weight excluding hydrogens is 264 g/mol. The Bertz CT molecular complexity index is 515. The summed E-state index contributed by atoms with van der Waals surface area (Å²) in [7, 11) is 0. The van der Waals surface area contributed by atoms with E-state index >= 15 is 0 Å². The highest BCUT2D eigenvalue weighted by Gasteiger charge is 2.52. The summed E-state index contributed by atoms with van der Waals surface area (Å²) in [5, 5.41) is 0. The Kier molecular flexibility index (Phi) is 3.06. The van der Waals surface area contributed by atoms with Gasteiger partial charge in [0.1, 0.15) is 5.82 Å². The molecule has 4 aliphatic carbocycles. The third kappa shape index (κ3) is 2.27. The summed E-state index contributed by atoms with van der Waals surface area (Å²) in [6, 6.07) is 0. The van der Waals surface area contributed by atoms with Crippen LogP contribution in [-0.4, -0.2) is 15.9 Å². The standard InChI is InChI=1S/C16H24N4O/c17-20-14(21)2-1-13-9-18-15(19-13)16-6-10-3-11(7-16)5-12(4-10)8-16/h9-12H,1-8,17H2,(H,18,19)(H,20,21). The van der Waals surface area contributed by atoms with Gasteiger partial charge in [0.25, 0.3) is 0 Å². The number of aryl methyl sites for hydroxylation is 1. The molecule has 5 rings (SSSR count). The van der Waals surface area contributed by atoms with Gasteiger partial charge >= 0.3 is 0 Å². The van der Waals surface area contributed by atoms with Crippen molar-refractivity contribution in [1.29, 1.82) is 0 Å². The number of rotatable bonds is 4. The van der Waals surface area contributed by atoms with E-state index in [1.165, 1.54) is 44.3 Å². The van der Waals surface area contributed by atoms with Gasteiger partial charge in [0.2, 0.25) is 5.91 Å². The summed E-state index contributed by atoms with van der Waals surface area (Å²) in [6.45, 7) is 0. The van der Waals surface area contributed by atoms with E-state index in [9.17, 15) is 4.79 Å². The topological polar surface area (TPSA) is 83.8 Å². The summed E-state index contributed by atoms with van der Waals surface area (Å²) < 4.78 is 0. The first-order valence-corrected chi connectivity index (χ1v) is 8.21. The summed E-state index contributed by atoms with van der Waals surface area (Å²) in [5.74, 6) is 8.95. The van der Waals surface area contributed by atoms with E-state index in [4.69, 9.17) is 10.8 Å². The fourth-order valence-electron chi connectivity index (χ4n) is 5.48. The van der Waals surface area contributed by atoms with Crippen LogP contribution in [0.25, 0.3) is 0 Å². The molecule has 114 valence electrons. The van der Waals surface area contributed by atoms with Crippen molar-refractivity contribution in [2.24, 2.45) is 23.6 Å². The van der Waals surface area contributed by atoms with Crippen molar-refractivity contribution in [3.8, 4) is 0 Å². The number of carbonyl (C=O) groups excluding carboxylic acids is 1. The lowest BCUT2D eigenvalue weighted by atomic mass is 9.49. The molecule has 1 heterocycles. The fourth-order valence-corrected chi connectivity index (χ4v) is 5.48. The molecule has 0 aromatic carbocycles. The Morgan fingerprint density at radius 3 is 2.48 bits per heavy atom. The van der Waals surface area contributed by atoms with Crippen molar-refractivity contribution in [3.05, 3.63) is 17.7 Å². The van der Waals surface area contributed by atoms with Crippen LogP contribution in [0, 0.1) is 17.8 Å². The lowest BCUT2D eigenvalue weighted by Crippen LogP contribution is -2.49. The molecule has 21 heavy (non-hydrogen) atoms. The SMILES string of the molecule is NNC(=O)CCc1cnc(C23CC4CC(CC(C4)C2)C3)[nH]1. The predicted octanol–water partition coefficient (Wildman–Crippen LogP) is 1.80. The molecule has 0 aliphatic heterocycles. The molecule has 4 N–H and O–H groups in total. The quantitative estimate of drug-likeness (QED) is 0.449. The maximum Gasteiger partial charge on any atom is 0.234 e. The van der Waals surface area contributed by atoms with E-state index < -0.39 is 0 Å². The molecule has 1 amide bonds. The number of imidazole rings is 1. The molecule has 0 unspecified atom stereocenters. The second-order valence-electron chi connectivity index (χ2n) is 7.52. The average molecular weight is 288 g/mol. The number of aromatic nitrogens is 2. The van der Waals surface area contributed by atoms with Gasteiger partial charge in [-0.05, 0) is 62.7 Å². The van der Waals surface area contributed by atoms with Crippen molar-refractivity contribution in [2.45, 2.75) is 56.8 Å². The number of hydrogen-bond donors (Lipinski definition) is 3. The zero-order chi connectivity index (χ0) is 14.4. The fraction of sp³-hybridized carbons (Fsp3) is 0.750. The van der Waals surface area contributed by atoms with Crippen LogP contribution in [0.4, 0.5) is 0 Å². The van der Waals surface area contributed by atoms with E-state index in [1.807, 2.05) is 6.20 Å². The maximum atomic E-state index is 11.2. The number of nitrogens with one attached hydrogen (secondary N) is 2. The van der Waals surface area contributed by atoms with Gasteiger partial charge in [0, 0.05) is 23.7 Å². The number of H-pyrrole nitrogens is 1. The van der Waals surface area contributed by atoms with Crippen LogP contribution in [0.1, 0.15) is 56.5 Å². The first-order valence-electron chi connectivity index (χ1n) is 8.21. The van der Waals surface area contributed by atoms with Gasteiger partial charge in [-0.25, -0.2) is 10.8 Å². The molecule has 4 aliphatic rings. The van der Waals surface area contributed by atoms with Gasteiger partial charge in [-0.2, -0.15) is 0 Å². The number of nitrogens with zero attached hydrogens (tertiary/aromatic N) is 1. The molecule has 0 saturated heterocycles. The summed E-state index contributed by atoms with van der Waals surface area (Å²) in [5.41, 5.74) is 3.55. The number of carbonyl (C=O) groups is 1. The Morgan fingerprint density at radius 1 is 1.29 bits per heavy atom. The average Bonchev–Trinajstić information content (AvgIpc) is 2.93. The van der Waals surface area contributed by atoms with Crippen LogP contribution in [0.5, 0.6) is 0 Å². The normalized spacial score (nSPS) is 36.9. The smallest absolute Gasteiger partial charge is 0.234 e. The molecule has 0 spiro atoms. The molecule has 5 nitrogen and oxygen atoms in total. The van der Waals surface area contributed by atoms with Crippen molar-refractivity contribution in [1.82, 2.24) is 15.4 Å². The minimum atomic E-state index is -0.124. The largest absolute Gasteiger partial charge is 0.345 e. The Hall–Kier alpha value is -1.36. The van der Waals surface area contributed by atoms with E-state index in [0.717, 1.165) is 23.4 Å². The number of nitrogens with two attached hydrogens (primary N) is 1. The predicted molar refractivity (Wildman–Crippen MR) is 79.1 cm³/mol. The van der Waals surface area contributed by atoms with Crippen molar-refractivity contribution in [2.75, 3.05) is 0 Å². The molecule has 0 atom stereocenters. The minimum absolute atomic E-state index is 0.124. The highest BCUT2D eigenvalue weighted by molar-refractivity contribution is 5.75. The Morgan fingerprint density at radius 2 is 1.90 bits per heavy atom. The molecular formula is C16H24N4O. The summed E-state index contributed by atoms with van der Waals surface area (Å²) >= 11 is 0. The third-order valence-corrected chi connectivity index (χ3v) is 5.95. The minimum Gasteiger partial charge on any atom is -0.345 e. The number of hydrazine groups is 1. The molecule has 0 radical (unpaired) electrons. The molecule has 4 saturated carbocycles. The second kappa shape index (κ2) is 4.83. The monoisotopic (exact) mass is 288 g/mol. The highest BCUT2D eigenvalue weighted by atomic mass is 16.2. The number of aromatic amines is 1. The van der Waals surface area contributed by atoms with E-state index in [1.54, 1.807) is 0 Å². The van der Waals surface area contributed by atoms with Gasteiger partial charge < -0.3 is 4.98 Å². The van der Waals surface area contributed by atoms with Crippen LogP contribution in [0.2, 0.25) is 0 Å². The van der Waals surface area contributed by atoms with Crippen LogP contribution >= 0.6 is 0 Å². The molecule has 5 heteroatoms. The summed E-state index contributed by atoms with van der Waals surface area (Å²) in [4.78, 5) is 19.5. The molecule has 4 bridgehead atoms. The molecule has 4 fully saturated rings. The van der Waals surface area contributed by atoms with Crippen molar-refractivity contribution in [3.63, 3.8) is 0 Å². The summed E-state index contributed by atoms with van der Waals surface area (Å²) in [6.07, 6.45) is 11.3. The van der Waals surface area contributed by atoms with Gasteiger partial charge in [-0.3, -0.25) is 10.2 Å². The molecule has 1 aromatic rings. The van der Waals surface area contributed by atoms with Gasteiger partial charge in [0.15, 0.2) is 0 Å². The zero-order valence-electron chi connectivity index (χ0n) is 12.4. The first-order chi connectivity index (χ1) is 10.2. The van der Waals surface area contributed by atoms with Crippen LogP contribution < -0.4 is 11.3 Å². The van der Waals surface area contributed by atoms with Crippen LogP contribution in [0.15, 0.2) is 6.20 Å². The van der Waals surface area contributed by atoms with Crippen LogP contribution in [-0.2, 0) is 16.6 Å². The van der Waals surface area contributed by atoms with Gasteiger partial charge in [-0.15, -0.1) is 0 Å². The third-order valence-electron chi connectivity index (χ3n) is 5.95. The lowest BCUT2D eigenvalue weighted by molar-refractivity contribution is -0.121. The zero-order valence-corrected chi connectivity index (χ0v) is 12.4. The van der Waals surface area contributed by atoms with Gasteiger partial charge in [-0.1, -0.05) is 0 Å². The maximum absolute atomic E-state index is 11.2. The number of hydrogen-bond acceptors (Lipinski definition) is 3. The van der Waals surface area contributed by atoms with Crippen LogP contribution in [0.3, 0.4) is 0 Å². The molecule has 1 aromatic heterocycles. The van der Waals surface area contributed by atoms with E-state index in [2.05, 4.69) is 10.4 Å². The Labute approximate surface area is 125 Å². The van der Waals surface area contributed by atoms with E-state index in [-0.39, 0.29) is 5.91 Å². The first kappa shape index (κ1) is 13.3. The number of amides is 1. The highest BCUT2D eigenvalue weighted by Crippen LogP contribution is 2.60. The Balaban J connectivity index is 1.51. The van der Waals surface area contributed by atoms with Crippen molar-refractivity contribution >= 4 is 5.91 Å².